The van der Waals surface area contributed by atoms with Gasteiger partial charge in [-0.25, -0.2) is 4.98 Å². The van der Waals surface area contributed by atoms with Gasteiger partial charge in [0.25, 0.3) is 0 Å². The van der Waals surface area contributed by atoms with Gasteiger partial charge in [-0.05, 0) is 37.6 Å². The number of hydrogen-bond donors (Lipinski definition) is 0. The first kappa shape index (κ1) is 14.7. The Kier molecular flexibility index (Phi) is 4.15. The van der Waals surface area contributed by atoms with E-state index in [1.807, 2.05) is 50.2 Å². The molecule has 0 aliphatic heterocycles. The molecule has 0 bridgehead atoms. The molecular weight excluding hydrogens is 296 g/mol. The number of aryl methyl sites for hydroxylation is 1. The first-order chi connectivity index (χ1) is 10.6. The minimum absolute atomic E-state index is 0.225. The lowest BCUT2D eigenvalue weighted by Crippen LogP contribution is -2.11. The van der Waals surface area contributed by atoms with Crippen molar-refractivity contribution in [3.63, 3.8) is 0 Å². The summed E-state index contributed by atoms with van der Waals surface area (Å²) >= 11 is 1.55. The fraction of sp³-hybridized carbons (Fsp3) is 0.235. The summed E-state index contributed by atoms with van der Waals surface area (Å²) in [5.74, 6) is -0.266. The van der Waals surface area contributed by atoms with E-state index < -0.39 is 0 Å². The van der Waals surface area contributed by atoms with Crippen LogP contribution in [0.4, 0.5) is 0 Å². The number of hydrogen-bond acceptors (Lipinski definition) is 5. The van der Waals surface area contributed by atoms with Crippen LogP contribution in [0, 0.1) is 6.92 Å². The van der Waals surface area contributed by atoms with Gasteiger partial charge in [0, 0.05) is 11.9 Å². The molecule has 0 amide bonds. The number of esters is 1. The summed E-state index contributed by atoms with van der Waals surface area (Å²) in [6.07, 6.45) is 1.59. The van der Waals surface area contributed by atoms with Gasteiger partial charge in [0.15, 0.2) is 6.10 Å². The molecule has 3 aromatic rings. The maximum atomic E-state index is 12.0. The van der Waals surface area contributed by atoms with Crippen LogP contribution in [-0.4, -0.2) is 15.9 Å². The second kappa shape index (κ2) is 6.23. The number of rotatable bonds is 4. The third kappa shape index (κ3) is 3.31. The number of carbonyl (C=O) groups is 1. The first-order valence-electron chi connectivity index (χ1n) is 7.08. The predicted octanol–water partition coefficient (Wildman–Crippen LogP) is 3.85. The standard InChI is InChI=1S/C17H16N2O2S/c1-11-7-8-13(10-18-11)9-16(20)21-12(2)17-19-14-5-3-4-6-15(14)22-17/h3-8,10,12H,9H2,1-2H3/t12-/m1/s1. The molecule has 1 aromatic carbocycles. The minimum Gasteiger partial charge on any atom is -0.455 e. The Labute approximate surface area is 132 Å². The maximum Gasteiger partial charge on any atom is 0.311 e. The zero-order valence-corrected chi connectivity index (χ0v) is 13.3. The largest absolute Gasteiger partial charge is 0.455 e. The monoisotopic (exact) mass is 312 g/mol. The zero-order valence-electron chi connectivity index (χ0n) is 12.4. The number of para-hydroxylation sites is 1. The van der Waals surface area contributed by atoms with E-state index in [0.717, 1.165) is 26.5 Å². The second-order valence-corrected chi connectivity index (χ2v) is 6.20. The molecule has 0 fully saturated rings. The number of fused-ring (bicyclic) bond motifs is 1. The first-order valence-corrected chi connectivity index (χ1v) is 7.90. The van der Waals surface area contributed by atoms with Gasteiger partial charge in [-0.3, -0.25) is 9.78 Å². The highest BCUT2D eigenvalue weighted by Gasteiger charge is 2.16. The molecule has 2 aromatic heterocycles. The molecule has 4 nitrogen and oxygen atoms in total. The van der Waals surface area contributed by atoms with Crippen LogP contribution in [0.5, 0.6) is 0 Å². The Hall–Kier alpha value is -2.27. The lowest BCUT2D eigenvalue weighted by atomic mass is 10.2. The lowest BCUT2D eigenvalue weighted by Gasteiger charge is -2.10. The Bertz CT molecular complexity index is 763. The molecule has 0 spiro atoms. The lowest BCUT2D eigenvalue weighted by molar-refractivity contribution is -0.147. The van der Waals surface area contributed by atoms with Crippen molar-refractivity contribution in [2.75, 3.05) is 0 Å². The van der Waals surface area contributed by atoms with Crippen molar-refractivity contribution >= 4 is 27.5 Å². The van der Waals surface area contributed by atoms with Crippen LogP contribution >= 0.6 is 11.3 Å². The Morgan fingerprint density at radius 2 is 2.09 bits per heavy atom. The van der Waals surface area contributed by atoms with Crippen molar-refractivity contribution in [1.29, 1.82) is 0 Å². The second-order valence-electron chi connectivity index (χ2n) is 5.14. The summed E-state index contributed by atoms with van der Waals surface area (Å²) in [7, 11) is 0. The number of ether oxygens (including phenoxy) is 1. The maximum absolute atomic E-state index is 12.0. The van der Waals surface area contributed by atoms with E-state index in [2.05, 4.69) is 9.97 Å². The van der Waals surface area contributed by atoms with E-state index in [9.17, 15) is 4.79 Å². The van der Waals surface area contributed by atoms with Gasteiger partial charge < -0.3 is 4.74 Å². The van der Waals surface area contributed by atoms with E-state index in [1.165, 1.54) is 0 Å². The Morgan fingerprint density at radius 3 is 2.82 bits per heavy atom. The minimum atomic E-state index is -0.344. The van der Waals surface area contributed by atoms with Crippen LogP contribution < -0.4 is 0 Å². The van der Waals surface area contributed by atoms with Gasteiger partial charge in [-0.2, -0.15) is 0 Å². The highest BCUT2D eigenvalue weighted by Crippen LogP contribution is 2.28. The average Bonchev–Trinajstić information content (AvgIpc) is 2.93. The number of thiazole rings is 1. The number of nitrogens with zero attached hydrogens (tertiary/aromatic N) is 2. The van der Waals surface area contributed by atoms with Crippen LogP contribution in [0.2, 0.25) is 0 Å². The Balaban J connectivity index is 1.66. The van der Waals surface area contributed by atoms with E-state index in [0.29, 0.717) is 0 Å². The topological polar surface area (TPSA) is 52.1 Å². The summed E-state index contributed by atoms with van der Waals surface area (Å²) in [4.78, 5) is 20.7. The molecule has 1 atom stereocenters. The highest BCUT2D eigenvalue weighted by molar-refractivity contribution is 7.18. The number of pyridine rings is 1. The van der Waals surface area contributed by atoms with Gasteiger partial charge in [-0.1, -0.05) is 18.2 Å². The molecule has 0 radical (unpaired) electrons. The van der Waals surface area contributed by atoms with Crippen LogP contribution in [0.3, 0.4) is 0 Å². The third-order valence-electron chi connectivity index (χ3n) is 3.29. The smallest absolute Gasteiger partial charge is 0.311 e. The normalized spacial score (nSPS) is 12.3. The van der Waals surface area contributed by atoms with E-state index in [4.69, 9.17) is 4.74 Å². The van der Waals surface area contributed by atoms with Gasteiger partial charge >= 0.3 is 5.97 Å². The molecular formula is C17H16N2O2S. The van der Waals surface area contributed by atoms with E-state index >= 15 is 0 Å². The quantitative estimate of drug-likeness (QED) is 0.687. The average molecular weight is 312 g/mol. The fourth-order valence-electron chi connectivity index (χ4n) is 2.12. The molecule has 112 valence electrons. The van der Waals surface area contributed by atoms with Crippen molar-refractivity contribution in [3.05, 3.63) is 58.9 Å². The summed E-state index contributed by atoms with van der Waals surface area (Å²) in [6.45, 7) is 3.76. The van der Waals surface area contributed by atoms with E-state index in [-0.39, 0.29) is 18.5 Å². The molecule has 0 unspecified atom stereocenters. The molecule has 0 saturated heterocycles. The SMILES string of the molecule is Cc1ccc(CC(=O)O[C@H](C)c2nc3ccccc3s2)cn1. The van der Waals surface area contributed by atoms with Crippen molar-refractivity contribution < 1.29 is 9.53 Å². The zero-order chi connectivity index (χ0) is 15.5. The molecule has 22 heavy (non-hydrogen) atoms. The van der Waals surface area contributed by atoms with Crippen LogP contribution in [0.25, 0.3) is 10.2 Å². The number of aromatic nitrogens is 2. The van der Waals surface area contributed by atoms with Crippen molar-refractivity contribution in [1.82, 2.24) is 9.97 Å². The van der Waals surface area contributed by atoms with Crippen molar-refractivity contribution in [2.45, 2.75) is 26.4 Å². The van der Waals surface area contributed by atoms with Gasteiger partial charge in [0.1, 0.15) is 5.01 Å². The van der Waals surface area contributed by atoms with Crippen molar-refractivity contribution in [3.8, 4) is 0 Å². The summed E-state index contributed by atoms with van der Waals surface area (Å²) < 4.78 is 6.58. The fourth-order valence-corrected chi connectivity index (χ4v) is 3.07. The number of carbonyl (C=O) groups excluding carboxylic acids is 1. The highest BCUT2D eigenvalue weighted by atomic mass is 32.1. The summed E-state index contributed by atoms with van der Waals surface area (Å²) in [6, 6.07) is 11.7. The van der Waals surface area contributed by atoms with Gasteiger partial charge in [0.2, 0.25) is 0 Å². The molecule has 0 N–H and O–H groups in total. The number of benzene rings is 1. The molecule has 5 heteroatoms. The third-order valence-corrected chi connectivity index (χ3v) is 4.48. The molecule has 0 aliphatic rings. The van der Waals surface area contributed by atoms with Crippen LogP contribution in [0.15, 0.2) is 42.6 Å². The van der Waals surface area contributed by atoms with Gasteiger partial charge in [0.05, 0.1) is 16.6 Å². The molecule has 3 rings (SSSR count). The molecule has 0 saturated carbocycles. The summed E-state index contributed by atoms with van der Waals surface area (Å²) in [5.41, 5.74) is 2.72. The van der Waals surface area contributed by atoms with E-state index in [1.54, 1.807) is 17.5 Å². The van der Waals surface area contributed by atoms with Gasteiger partial charge in [-0.15, -0.1) is 11.3 Å². The molecule has 0 aliphatic carbocycles. The van der Waals surface area contributed by atoms with Crippen LogP contribution in [-0.2, 0) is 16.0 Å². The molecule has 2 heterocycles. The van der Waals surface area contributed by atoms with Crippen LogP contribution in [0.1, 0.15) is 29.3 Å². The Morgan fingerprint density at radius 1 is 1.27 bits per heavy atom. The summed E-state index contributed by atoms with van der Waals surface area (Å²) in [5, 5.41) is 0.816. The van der Waals surface area contributed by atoms with Crippen molar-refractivity contribution in [2.24, 2.45) is 0 Å². The predicted molar refractivity (Wildman–Crippen MR) is 86.8 cm³/mol.